The highest BCUT2D eigenvalue weighted by Crippen LogP contribution is 2.32. The summed E-state index contributed by atoms with van der Waals surface area (Å²) in [5, 5.41) is -0.131. The third kappa shape index (κ3) is 4.03. The van der Waals surface area contributed by atoms with Crippen molar-refractivity contribution in [3.8, 4) is 11.5 Å². The van der Waals surface area contributed by atoms with Crippen LogP contribution in [0.2, 0.25) is 5.02 Å². The van der Waals surface area contributed by atoms with Crippen molar-refractivity contribution in [1.29, 1.82) is 0 Å². The van der Waals surface area contributed by atoms with Crippen LogP contribution in [0, 0.1) is 5.82 Å². The van der Waals surface area contributed by atoms with Crippen LogP contribution in [0.1, 0.15) is 5.56 Å². The zero-order chi connectivity index (χ0) is 17.0. The van der Waals surface area contributed by atoms with E-state index in [4.69, 9.17) is 20.5 Å². The van der Waals surface area contributed by atoms with Crippen LogP contribution in [0.15, 0.2) is 53.9 Å². The zero-order valence-corrected chi connectivity index (χ0v) is 13.8. The van der Waals surface area contributed by atoms with Crippen LogP contribution in [0.5, 0.6) is 11.5 Å². The lowest BCUT2D eigenvalue weighted by molar-refractivity contribution is 0.390. The molecule has 0 aliphatic carbocycles. The monoisotopic (exact) mass is 356 g/mol. The molecule has 0 N–H and O–H groups in total. The summed E-state index contributed by atoms with van der Waals surface area (Å²) < 4.78 is 48.1. The number of methoxy groups -OCH3 is 1. The van der Waals surface area contributed by atoms with Gasteiger partial charge in [-0.25, -0.2) is 4.39 Å². The molecule has 0 aliphatic rings. The van der Waals surface area contributed by atoms with Crippen LogP contribution in [0.25, 0.3) is 0 Å². The highest BCUT2D eigenvalue weighted by Gasteiger charge is 2.23. The second-order valence-corrected chi connectivity index (χ2v) is 6.51. The summed E-state index contributed by atoms with van der Waals surface area (Å²) >= 11 is 5.82. The fourth-order valence-electron chi connectivity index (χ4n) is 1.91. The minimum Gasteiger partial charge on any atom is -0.493 e. The first-order chi connectivity index (χ1) is 10.9. The number of halogens is 2. The predicted molar refractivity (Wildman–Crippen MR) is 86.1 cm³/mol. The van der Waals surface area contributed by atoms with Crippen molar-refractivity contribution in [3.05, 3.63) is 65.5 Å². The van der Waals surface area contributed by atoms with Gasteiger partial charge in [-0.15, -0.1) is 6.58 Å². The number of ether oxygens (including phenoxy) is 1. The molecule has 4 nitrogen and oxygen atoms in total. The molecule has 0 fully saturated rings. The van der Waals surface area contributed by atoms with E-state index in [2.05, 4.69) is 6.58 Å². The Kier molecular flexibility index (Phi) is 5.28. The molecule has 122 valence electrons. The SMILES string of the molecule is C=CCc1ccc(OS(=O)(=O)c2cc(F)ccc2Cl)c(OC)c1. The fourth-order valence-corrected chi connectivity index (χ4v) is 3.34. The van der Waals surface area contributed by atoms with E-state index in [9.17, 15) is 12.8 Å². The van der Waals surface area contributed by atoms with Gasteiger partial charge in [0.25, 0.3) is 0 Å². The zero-order valence-electron chi connectivity index (χ0n) is 12.3. The smallest absolute Gasteiger partial charge is 0.340 e. The summed E-state index contributed by atoms with van der Waals surface area (Å²) in [6.07, 6.45) is 2.30. The summed E-state index contributed by atoms with van der Waals surface area (Å²) in [5.41, 5.74) is 0.880. The first-order valence-electron chi connectivity index (χ1n) is 6.54. The lowest BCUT2D eigenvalue weighted by Gasteiger charge is -2.12. The summed E-state index contributed by atoms with van der Waals surface area (Å²) in [7, 11) is -2.91. The molecule has 0 radical (unpaired) electrons. The van der Waals surface area contributed by atoms with Gasteiger partial charge in [0.05, 0.1) is 12.1 Å². The summed E-state index contributed by atoms with van der Waals surface area (Å²) in [4.78, 5) is -0.448. The maximum absolute atomic E-state index is 13.3. The van der Waals surface area contributed by atoms with Gasteiger partial charge in [-0.05, 0) is 42.3 Å². The molecule has 0 atom stereocenters. The number of hydrogen-bond acceptors (Lipinski definition) is 4. The molecule has 0 aromatic heterocycles. The van der Waals surface area contributed by atoms with Crippen molar-refractivity contribution in [2.75, 3.05) is 7.11 Å². The highest BCUT2D eigenvalue weighted by molar-refractivity contribution is 7.87. The first kappa shape index (κ1) is 17.3. The third-order valence-electron chi connectivity index (χ3n) is 2.97. The molecule has 0 aliphatic heterocycles. The van der Waals surface area contributed by atoms with Gasteiger partial charge in [-0.3, -0.25) is 0 Å². The van der Waals surface area contributed by atoms with Gasteiger partial charge < -0.3 is 8.92 Å². The number of benzene rings is 2. The standard InChI is InChI=1S/C16H14ClFO4S/c1-3-4-11-5-8-14(15(9-11)21-2)22-23(19,20)16-10-12(18)6-7-13(16)17/h3,5-10H,1,4H2,2H3. The van der Waals surface area contributed by atoms with Gasteiger partial charge in [0.1, 0.15) is 10.7 Å². The van der Waals surface area contributed by atoms with Gasteiger partial charge in [0, 0.05) is 0 Å². The Morgan fingerprint density at radius 1 is 1.22 bits per heavy atom. The summed E-state index contributed by atoms with van der Waals surface area (Å²) in [5.74, 6) is -0.508. The van der Waals surface area contributed by atoms with Crippen LogP contribution in [0.3, 0.4) is 0 Å². The van der Waals surface area contributed by atoms with E-state index in [0.29, 0.717) is 6.42 Å². The Balaban J connectivity index is 2.40. The van der Waals surface area contributed by atoms with Gasteiger partial charge in [0.15, 0.2) is 11.5 Å². The van der Waals surface area contributed by atoms with Gasteiger partial charge in [0.2, 0.25) is 0 Å². The van der Waals surface area contributed by atoms with Crippen LogP contribution in [-0.2, 0) is 16.5 Å². The maximum Gasteiger partial charge on any atom is 0.340 e. The Bertz CT molecular complexity index is 834. The summed E-state index contributed by atoms with van der Waals surface area (Å²) in [6.45, 7) is 3.63. The Morgan fingerprint density at radius 2 is 1.96 bits per heavy atom. The quantitative estimate of drug-likeness (QED) is 0.580. The molecule has 2 aromatic rings. The molecule has 0 saturated heterocycles. The molecule has 0 spiro atoms. The predicted octanol–water partition coefficient (Wildman–Crippen LogP) is 3.98. The average molecular weight is 357 g/mol. The minimum atomic E-state index is -4.30. The van der Waals surface area contributed by atoms with Gasteiger partial charge >= 0.3 is 10.1 Å². The van der Waals surface area contributed by atoms with Crippen molar-refractivity contribution in [1.82, 2.24) is 0 Å². The molecule has 0 saturated carbocycles. The van der Waals surface area contributed by atoms with Crippen LogP contribution in [0.4, 0.5) is 4.39 Å². The molecular formula is C16H14ClFO4S. The van der Waals surface area contributed by atoms with Crippen molar-refractivity contribution in [2.45, 2.75) is 11.3 Å². The number of allylic oxidation sites excluding steroid dienone is 1. The first-order valence-corrected chi connectivity index (χ1v) is 8.33. The molecule has 0 unspecified atom stereocenters. The lowest BCUT2D eigenvalue weighted by atomic mass is 10.1. The highest BCUT2D eigenvalue weighted by atomic mass is 35.5. The maximum atomic E-state index is 13.3. The van der Waals surface area contributed by atoms with E-state index in [0.717, 1.165) is 23.8 Å². The largest absolute Gasteiger partial charge is 0.493 e. The molecule has 2 rings (SSSR count). The van der Waals surface area contributed by atoms with E-state index in [1.165, 1.54) is 13.2 Å². The van der Waals surface area contributed by atoms with Crippen LogP contribution in [-0.4, -0.2) is 15.5 Å². The topological polar surface area (TPSA) is 52.6 Å². The van der Waals surface area contributed by atoms with Crippen LogP contribution < -0.4 is 8.92 Å². The van der Waals surface area contributed by atoms with Crippen molar-refractivity contribution in [2.24, 2.45) is 0 Å². The van der Waals surface area contributed by atoms with Crippen LogP contribution >= 0.6 is 11.6 Å². The normalized spacial score (nSPS) is 11.1. The fraction of sp³-hybridized carbons (Fsp3) is 0.125. The second-order valence-electron chi connectivity index (χ2n) is 4.59. The molecule has 2 aromatic carbocycles. The Labute approximate surface area is 139 Å². The molecule has 23 heavy (non-hydrogen) atoms. The molecule has 0 bridgehead atoms. The third-order valence-corrected chi connectivity index (χ3v) is 4.69. The van der Waals surface area contributed by atoms with Gasteiger partial charge in [-0.2, -0.15) is 8.42 Å². The molecule has 7 heteroatoms. The van der Waals surface area contributed by atoms with Crippen molar-refractivity contribution < 1.29 is 21.7 Å². The number of hydrogen-bond donors (Lipinski definition) is 0. The van der Waals surface area contributed by atoms with Crippen molar-refractivity contribution >= 4 is 21.7 Å². The van der Waals surface area contributed by atoms with E-state index in [1.807, 2.05) is 0 Å². The Morgan fingerprint density at radius 3 is 2.61 bits per heavy atom. The van der Waals surface area contributed by atoms with E-state index in [-0.39, 0.29) is 16.5 Å². The van der Waals surface area contributed by atoms with Crippen molar-refractivity contribution in [3.63, 3.8) is 0 Å². The van der Waals surface area contributed by atoms with E-state index >= 15 is 0 Å². The van der Waals surface area contributed by atoms with Gasteiger partial charge in [-0.1, -0.05) is 23.7 Å². The lowest BCUT2D eigenvalue weighted by Crippen LogP contribution is -2.11. The molecule has 0 heterocycles. The Hall–Kier alpha value is -2.05. The second kappa shape index (κ2) is 7.02. The number of rotatable bonds is 6. The minimum absolute atomic E-state index is 0.0133. The summed E-state index contributed by atoms with van der Waals surface area (Å²) in [6, 6.07) is 7.80. The molecular weight excluding hydrogens is 343 g/mol. The van der Waals surface area contributed by atoms with E-state index < -0.39 is 20.8 Å². The average Bonchev–Trinajstić information content (AvgIpc) is 2.51. The molecule has 0 amide bonds. The van der Waals surface area contributed by atoms with E-state index in [1.54, 1.807) is 18.2 Å².